The minimum atomic E-state index is -4.51. The normalized spacial score (nSPS) is 20.8. The molecule has 0 aromatic carbocycles. The van der Waals surface area contributed by atoms with E-state index in [4.69, 9.17) is 13.8 Å². The maximum absolute atomic E-state index is 13.1. The van der Waals surface area contributed by atoms with Crippen LogP contribution in [-0.2, 0) is 23.1 Å². The average Bonchev–Trinajstić information content (AvgIpc) is 3.29. The van der Waals surface area contributed by atoms with Gasteiger partial charge in [0, 0.05) is 0 Å². The third-order valence-electron chi connectivity index (χ3n) is 8.63. The summed E-state index contributed by atoms with van der Waals surface area (Å²) in [6, 6.07) is 0. The number of hydrogen-bond acceptors (Lipinski definition) is 6. The first-order valence-electron chi connectivity index (χ1n) is 17.2. The van der Waals surface area contributed by atoms with Crippen LogP contribution in [0.15, 0.2) is 0 Å². The number of esters is 1. The fourth-order valence-electron chi connectivity index (χ4n) is 6.05. The molecule has 0 heterocycles. The van der Waals surface area contributed by atoms with E-state index in [0.717, 1.165) is 25.7 Å². The predicted molar refractivity (Wildman–Crippen MR) is 168 cm³/mol. The Morgan fingerprint density at radius 3 is 1.71 bits per heavy atom. The van der Waals surface area contributed by atoms with E-state index in [1.54, 1.807) is 6.92 Å². The Hall–Kier alpha value is -0.460. The summed E-state index contributed by atoms with van der Waals surface area (Å²) in [4.78, 5) is 25.7. The second-order valence-corrected chi connectivity index (χ2v) is 14.8. The van der Waals surface area contributed by atoms with Crippen molar-refractivity contribution in [1.29, 1.82) is 0 Å². The molecule has 3 atom stereocenters. The van der Waals surface area contributed by atoms with Crippen LogP contribution in [0.1, 0.15) is 155 Å². The number of likely N-dealkylation sites (N-methyl/N-ethyl adjacent to an activating group) is 1. The van der Waals surface area contributed by atoms with E-state index in [2.05, 4.69) is 6.92 Å². The molecule has 8 heteroatoms. The molecule has 7 nitrogen and oxygen atoms in total. The Kier molecular flexibility index (Phi) is 20.8. The molecule has 0 aromatic heterocycles. The summed E-state index contributed by atoms with van der Waals surface area (Å²) in [6.07, 6.45) is 25.4. The zero-order valence-corrected chi connectivity index (χ0v) is 28.5. The highest BCUT2D eigenvalue weighted by molar-refractivity contribution is 7.45. The summed E-state index contributed by atoms with van der Waals surface area (Å²) >= 11 is 0. The van der Waals surface area contributed by atoms with Crippen LogP contribution in [-0.4, -0.2) is 57.5 Å². The van der Waals surface area contributed by atoms with Crippen molar-refractivity contribution in [3.63, 3.8) is 0 Å². The highest BCUT2D eigenvalue weighted by Crippen LogP contribution is 2.52. The highest BCUT2D eigenvalue weighted by atomic mass is 31.2. The Morgan fingerprint density at radius 1 is 0.805 bits per heavy atom. The Balaban J connectivity index is 2.25. The molecule has 41 heavy (non-hydrogen) atoms. The van der Waals surface area contributed by atoms with Crippen molar-refractivity contribution >= 4 is 13.8 Å². The van der Waals surface area contributed by atoms with Crippen LogP contribution in [0, 0.1) is 5.41 Å². The second-order valence-electron chi connectivity index (χ2n) is 13.4. The molecule has 0 amide bonds. The van der Waals surface area contributed by atoms with Crippen LogP contribution in [0.2, 0.25) is 0 Å². The van der Waals surface area contributed by atoms with Gasteiger partial charge in [0.15, 0.2) is 0 Å². The maximum atomic E-state index is 13.1. The van der Waals surface area contributed by atoms with E-state index < -0.39 is 19.3 Å². The van der Waals surface area contributed by atoms with Crippen LogP contribution in [0.3, 0.4) is 0 Å². The Morgan fingerprint density at radius 2 is 1.27 bits per heavy atom. The van der Waals surface area contributed by atoms with Crippen molar-refractivity contribution in [3.05, 3.63) is 0 Å². The average molecular weight is 604 g/mol. The number of ether oxygens (including phenoxy) is 1. The fourth-order valence-corrected chi connectivity index (χ4v) is 7.03. The molecule has 0 N–H and O–H groups in total. The largest absolute Gasteiger partial charge is 0.756 e. The molecule has 0 aliphatic heterocycles. The number of nitrogens with zero attached hydrogens (tertiary/aromatic N) is 1. The summed E-state index contributed by atoms with van der Waals surface area (Å²) < 4.78 is 29.3. The van der Waals surface area contributed by atoms with Gasteiger partial charge in [-0.15, -0.1) is 0 Å². The molecule has 244 valence electrons. The maximum Gasteiger partial charge on any atom is 0.314 e. The molecule has 1 aliphatic rings. The lowest BCUT2D eigenvalue weighted by Crippen LogP contribution is -2.42. The minimum Gasteiger partial charge on any atom is -0.756 e. The van der Waals surface area contributed by atoms with Gasteiger partial charge in [-0.1, -0.05) is 122 Å². The summed E-state index contributed by atoms with van der Waals surface area (Å²) in [7, 11) is 1.41. The Labute approximate surface area is 253 Å². The van der Waals surface area contributed by atoms with Crippen molar-refractivity contribution in [1.82, 2.24) is 0 Å². The molecule has 1 saturated carbocycles. The first-order valence-corrected chi connectivity index (χ1v) is 18.6. The van der Waals surface area contributed by atoms with Crippen LogP contribution >= 0.6 is 7.82 Å². The van der Waals surface area contributed by atoms with Crippen LogP contribution in [0.25, 0.3) is 0 Å². The van der Waals surface area contributed by atoms with Crippen LogP contribution < -0.4 is 4.89 Å². The van der Waals surface area contributed by atoms with E-state index in [9.17, 15) is 14.3 Å². The van der Waals surface area contributed by atoms with Crippen LogP contribution in [0.4, 0.5) is 0 Å². The number of carbonyl (C=O) groups is 1. The molecule has 1 fully saturated rings. The SMILES string of the molecule is CCCCCCCCCCCCCCCCCCCC[C@@]1(C(=O)OCC)CCC[C@@H]1OP(=O)([O-])OCC[N+](C)(C)C. The minimum absolute atomic E-state index is 0.0582. The van der Waals surface area contributed by atoms with Crippen molar-refractivity contribution in [2.24, 2.45) is 5.41 Å². The van der Waals surface area contributed by atoms with Gasteiger partial charge in [0.1, 0.15) is 13.2 Å². The number of hydrogen-bond donors (Lipinski definition) is 0. The smallest absolute Gasteiger partial charge is 0.314 e. The van der Waals surface area contributed by atoms with Gasteiger partial charge in [0.2, 0.25) is 0 Å². The third kappa shape index (κ3) is 18.1. The van der Waals surface area contributed by atoms with Gasteiger partial charge >= 0.3 is 5.97 Å². The first kappa shape index (κ1) is 38.6. The lowest BCUT2D eigenvalue weighted by molar-refractivity contribution is -0.870. The standard InChI is InChI=1S/C33H66NO6P/c1-6-8-9-10-11-12-13-14-15-16-17-18-19-20-21-22-23-24-27-33(32(35)38-7-2)28-25-26-31(33)40-41(36,37)39-30-29-34(3,4)5/h31H,6-30H2,1-5H3/t31-,33+/m0/s1. The second kappa shape index (κ2) is 22.1. The number of carbonyl (C=O) groups excluding carboxylic acids is 1. The summed E-state index contributed by atoms with van der Waals surface area (Å²) in [5.74, 6) is -0.319. The molecule has 0 saturated heterocycles. The van der Waals surface area contributed by atoms with Crippen molar-refractivity contribution in [3.8, 4) is 0 Å². The highest BCUT2D eigenvalue weighted by Gasteiger charge is 2.51. The number of phosphoric ester groups is 1. The molecule has 1 aliphatic carbocycles. The number of unbranched alkanes of at least 4 members (excludes halogenated alkanes) is 17. The fraction of sp³-hybridized carbons (Fsp3) is 0.970. The van der Waals surface area contributed by atoms with Gasteiger partial charge < -0.3 is 23.2 Å². The summed E-state index contributed by atoms with van der Waals surface area (Å²) in [5, 5.41) is 0. The van der Waals surface area contributed by atoms with Crippen LogP contribution in [0.5, 0.6) is 0 Å². The van der Waals surface area contributed by atoms with E-state index >= 15 is 0 Å². The van der Waals surface area contributed by atoms with Gasteiger partial charge in [-0.2, -0.15) is 0 Å². The quantitative estimate of drug-likeness (QED) is 0.0404. The summed E-state index contributed by atoms with van der Waals surface area (Å²) in [6.45, 7) is 4.95. The van der Waals surface area contributed by atoms with Crippen molar-refractivity contribution < 1.29 is 32.5 Å². The number of quaternary nitrogens is 1. The van der Waals surface area contributed by atoms with E-state index in [0.29, 0.717) is 30.3 Å². The van der Waals surface area contributed by atoms with Gasteiger partial charge in [0.05, 0.1) is 39.3 Å². The zero-order valence-electron chi connectivity index (χ0n) is 27.6. The summed E-state index contributed by atoms with van der Waals surface area (Å²) in [5.41, 5.74) is -0.894. The van der Waals surface area contributed by atoms with E-state index in [1.807, 2.05) is 21.1 Å². The monoisotopic (exact) mass is 603 g/mol. The Bertz CT molecular complexity index is 712. The molecule has 0 aromatic rings. The molecule has 1 unspecified atom stereocenters. The van der Waals surface area contributed by atoms with Gasteiger partial charge in [-0.05, 0) is 32.6 Å². The van der Waals surface area contributed by atoms with Crippen molar-refractivity contribution in [2.45, 2.75) is 161 Å². The van der Waals surface area contributed by atoms with E-state index in [-0.39, 0.29) is 19.2 Å². The van der Waals surface area contributed by atoms with Gasteiger partial charge in [-0.3, -0.25) is 9.36 Å². The van der Waals surface area contributed by atoms with Crippen molar-refractivity contribution in [2.75, 3.05) is 40.9 Å². The molecule has 0 bridgehead atoms. The molecular weight excluding hydrogens is 537 g/mol. The topological polar surface area (TPSA) is 84.9 Å². The lowest BCUT2D eigenvalue weighted by atomic mass is 9.79. The predicted octanol–water partition coefficient (Wildman–Crippen LogP) is 8.73. The molecular formula is C33H66NO6P. The lowest BCUT2D eigenvalue weighted by Gasteiger charge is -2.36. The van der Waals surface area contributed by atoms with E-state index in [1.165, 1.54) is 96.3 Å². The number of rotatable bonds is 27. The third-order valence-corrected chi connectivity index (χ3v) is 9.64. The zero-order chi connectivity index (χ0) is 30.5. The molecule has 0 spiro atoms. The first-order chi connectivity index (χ1) is 19.6. The van der Waals surface area contributed by atoms with Gasteiger partial charge in [0.25, 0.3) is 7.82 Å². The molecule has 0 radical (unpaired) electrons. The molecule has 1 rings (SSSR count). The van der Waals surface area contributed by atoms with Gasteiger partial charge in [-0.25, -0.2) is 0 Å². The number of phosphoric acid groups is 1.